The average molecular weight is 444 g/mol. The summed E-state index contributed by atoms with van der Waals surface area (Å²) in [5.74, 6) is -0.0326. The number of aromatic nitrogens is 1. The van der Waals surface area contributed by atoms with E-state index in [0.717, 1.165) is 33.3 Å². The van der Waals surface area contributed by atoms with Crippen molar-refractivity contribution in [3.05, 3.63) is 66.6 Å². The van der Waals surface area contributed by atoms with E-state index >= 15 is 0 Å². The summed E-state index contributed by atoms with van der Waals surface area (Å²) in [6.45, 7) is 3.04. The normalized spacial score (nSPS) is 16.0. The second-order valence-electron chi connectivity index (χ2n) is 8.09. The number of urea groups is 1. The van der Waals surface area contributed by atoms with Gasteiger partial charge in [-0.1, -0.05) is 18.2 Å². The maximum Gasteiger partial charge on any atom is 0.325 e. The van der Waals surface area contributed by atoms with Crippen molar-refractivity contribution in [3.63, 3.8) is 0 Å². The molecule has 33 heavy (non-hydrogen) atoms. The topological polar surface area (TPSA) is 96.6 Å². The second kappa shape index (κ2) is 8.46. The van der Waals surface area contributed by atoms with E-state index in [0.29, 0.717) is 11.4 Å². The van der Waals surface area contributed by atoms with Crippen molar-refractivity contribution in [3.8, 4) is 0 Å². The van der Waals surface area contributed by atoms with Crippen molar-refractivity contribution in [2.75, 3.05) is 5.32 Å². The Balaban J connectivity index is 1.24. The van der Waals surface area contributed by atoms with E-state index in [1.165, 1.54) is 6.26 Å². The number of nitrogens with one attached hydrogen (secondary N) is 2. The van der Waals surface area contributed by atoms with E-state index in [9.17, 15) is 14.4 Å². The van der Waals surface area contributed by atoms with Crippen LogP contribution in [-0.4, -0.2) is 33.4 Å². The summed E-state index contributed by atoms with van der Waals surface area (Å²) < 4.78 is 7.47. The highest BCUT2D eigenvalue weighted by molar-refractivity contribution is 6.10. The predicted octanol–water partition coefficient (Wildman–Crippen LogP) is 4.25. The van der Waals surface area contributed by atoms with E-state index in [1.54, 1.807) is 12.1 Å². The first-order chi connectivity index (χ1) is 16.0. The van der Waals surface area contributed by atoms with Gasteiger partial charge in [-0.05, 0) is 49.7 Å². The molecule has 0 spiro atoms. The summed E-state index contributed by atoms with van der Waals surface area (Å²) in [5.41, 5.74) is 2.98. The van der Waals surface area contributed by atoms with Crippen LogP contribution in [0.4, 0.5) is 10.5 Å². The SMILES string of the molecule is CCn1c2ccccc2c2cc(NC(=O)CCC3NC(=O)N(Cc4ccco4)C3=O)ccc21. The van der Waals surface area contributed by atoms with Crippen LogP contribution in [0.3, 0.4) is 0 Å². The molecular weight excluding hydrogens is 420 g/mol. The van der Waals surface area contributed by atoms with Gasteiger partial charge in [-0.25, -0.2) is 4.79 Å². The lowest BCUT2D eigenvalue weighted by molar-refractivity contribution is -0.128. The fourth-order valence-corrected chi connectivity index (χ4v) is 4.45. The Morgan fingerprint density at radius 2 is 1.88 bits per heavy atom. The van der Waals surface area contributed by atoms with Gasteiger partial charge in [0.1, 0.15) is 11.8 Å². The van der Waals surface area contributed by atoms with Crippen molar-refractivity contribution < 1.29 is 18.8 Å². The molecule has 0 saturated carbocycles. The number of aryl methyl sites for hydroxylation is 1. The fourth-order valence-electron chi connectivity index (χ4n) is 4.45. The third-order valence-corrected chi connectivity index (χ3v) is 6.03. The van der Waals surface area contributed by atoms with Gasteiger partial charge in [0.2, 0.25) is 5.91 Å². The van der Waals surface area contributed by atoms with Crippen molar-refractivity contribution in [2.45, 2.75) is 38.9 Å². The van der Waals surface area contributed by atoms with Gasteiger partial charge in [0, 0.05) is 40.5 Å². The lowest BCUT2D eigenvalue weighted by atomic mass is 10.1. The van der Waals surface area contributed by atoms with E-state index < -0.39 is 12.1 Å². The molecule has 1 saturated heterocycles. The number of furan rings is 1. The van der Waals surface area contributed by atoms with E-state index in [2.05, 4.69) is 34.3 Å². The highest BCUT2D eigenvalue weighted by atomic mass is 16.3. The van der Waals surface area contributed by atoms with Crippen molar-refractivity contribution in [2.24, 2.45) is 0 Å². The zero-order chi connectivity index (χ0) is 22.9. The maximum absolute atomic E-state index is 12.6. The van der Waals surface area contributed by atoms with Gasteiger partial charge in [-0.15, -0.1) is 0 Å². The second-order valence-corrected chi connectivity index (χ2v) is 8.09. The standard InChI is InChI=1S/C25H24N4O4/c1-2-28-21-8-4-3-7-18(21)19-14-16(9-11-22(19)28)26-23(30)12-10-20-24(31)29(25(32)27-20)15-17-6-5-13-33-17/h3-9,11,13-14,20H,2,10,12,15H2,1H3,(H,26,30)(H,27,32). The maximum atomic E-state index is 12.6. The molecule has 3 heterocycles. The fraction of sp³-hybridized carbons (Fsp3) is 0.240. The van der Waals surface area contributed by atoms with Gasteiger partial charge in [0.15, 0.2) is 0 Å². The Labute approximate surface area is 190 Å². The van der Waals surface area contributed by atoms with Crippen LogP contribution in [-0.2, 0) is 22.7 Å². The van der Waals surface area contributed by atoms with Gasteiger partial charge in [-0.3, -0.25) is 14.5 Å². The highest BCUT2D eigenvalue weighted by Gasteiger charge is 2.38. The smallest absolute Gasteiger partial charge is 0.325 e. The number of anilines is 1. The molecule has 2 N–H and O–H groups in total. The number of nitrogens with zero attached hydrogens (tertiary/aromatic N) is 2. The number of hydrogen-bond donors (Lipinski definition) is 2. The summed E-state index contributed by atoms with van der Waals surface area (Å²) in [5, 5.41) is 7.80. The number of imide groups is 1. The largest absolute Gasteiger partial charge is 0.467 e. The molecule has 4 aromatic rings. The number of carbonyl (C=O) groups is 3. The molecular formula is C25H24N4O4. The number of benzene rings is 2. The molecule has 1 unspecified atom stereocenters. The van der Waals surface area contributed by atoms with Crippen LogP contribution in [0.1, 0.15) is 25.5 Å². The number of carbonyl (C=O) groups excluding carboxylic acids is 3. The first-order valence-electron chi connectivity index (χ1n) is 11.0. The number of amides is 4. The lowest BCUT2D eigenvalue weighted by Crippen LogP contribution is -2.31. The Bertz CT molecular complexity index is 1360. The molecule has 5 rings (SSSR count). The molecule has 1 atom stereocenters. The zero-order valence-electron chi connectivity index (χ0n) is 18.2. The van der Waals surface area contributed by atoms with E-state index in [-0.39, 0.29) is 31.2 Å². The van der Waals surface area contributed by atoms with Gasteiger partial charge in [-0.2, -0.15) is 0 Å². The molecule has 1 aliphatic heterocycles. The van der Waals surface area contributed by atoms with Crippen molar-refractivity contribution >= 4 is 45.3 Å². The Morgan fingerprint density at radius 3 is 2.67 bits per heavy atom. The molecule has 2 aromatic carbocycles. The van der Waals surface area contributed by atoms with Crippen LogP contribution in [0, 0.1) is 0 Å². The molecule has 1 aliphatic rings. The first-order valence-corrected chi connectivity index (χ1v) is 11.0. The summed E-state index contributed by atoms with van der Waals surface area (Å²) in [7, 11) is 0. The molecule has 0 bridgehead atoms. The van der Waals surface area contributed by atoms with Crippen molar-refractivity contribution in [1.29, 1.82) is 0 Å². The van der Waals surface area contributed by atoms with E-state index in [1.807, 2.05) is 30.3 Å². The molecule has 2 aromatic heterocycles. The summed E-state index contributed by atoms with van der Waals surface area (Å²) in [6.07, 6.45) is 1.83. The van der Waals surface area contributed by atoms with Crippen LogP contribution >= 0.6 is 0 Å². The van der Waals surface area contributed by atoms with Gasteiger partial charge in [0.25, 0.3) is 5.91 Å². The Hall–Kier alpha value is -4.07. The minimum Gasteiger partial charge on any atom is -0.467 e. The highest BCUT2D eigenvalue weighted by Crippen LogP contribution is 2.31. The van der Waals surface area contributed by atoms with Gasteiger partial charge < -0.3 is 19.6 Å². The van der Waals surface area contributed by atoms with Crippen LogP contribution in [0.5, 0.6) is 0 Å². The van der Waals surface area contributed by atoms with Crippen LogP contribution in [0.15, 0.2) is 65.3 Å². The molecule has 0 radical (unpaired) electrons. The van der Waals surface area contributed by atoms with E-state index in [4.69, 9.17) is 4.42 Å². The molecule has 8 heteroatoms. The van der Waals surface area contributed by atoms with Crippen LogP contribution in [0.2, 0.25) is 0 Å². The number of para-hydroxylation sites is 1. The summed E-state index contributed by atoms with van der Waals surface area (Å²) >= 11 is 0. The molecule has 4 amide bonds. The summed E-state index contributed by atoms with van der Waals surface area (Å²) in [4.78, 5) is 38.4. The number of rotatable bonds is 7. The van der Waals surface area contributed by atoms with Gasteiger partial charge in [0.05, 0.1) is 12.8 Å². The number of fused-ring (bicyclic) bond motifs is 3. The minimum atomic E-state index is -0.719. The van der Waals surface area contributed by atoms with Crippen LogP contribution in [0.25, 0.3) is 21.8 Å². The molecule has 1 fully saturated rings. The molecule has 168 valence electrons. The zero-order valence-corrected chi connectivity index (χ0v) is 18.2. The Morgan fingerprint density at radius 1 is 1.06 bits per heavy atom. The van der Waals surface area contributed by atoms with Crippen molar-refractivity contribution in [1.82, 2.24) is 14.8 Å². The average Bonchev–Trinajstić information content (AvgIpc) is 3.51. The summed E-state index contributed by atoms with van der Waals surface area (Å²) in [6, 6.07) is 16.3. The Kier molecular flexibility index (Phi) is 5.34. The minimum absolute atomic E-state index is 0.0751. The third-order valence-electron chi connectivity index (χ3n) is 6.03. The first kappa shape index (κ1) is 20.8. The monoisotopic (exact) mass is 444 g/mol. The van der Waals surface area contributed by atoms with Crippen LogP contribution < -0.4 is 10.6 Å². The predicted molar refractivity (Wildman–Crippen MR) is 125 cm³/mol. The van der Waals surface area contributed by atoms with Gasteiger partial charge >= 0.3 is 6.03 Å². The lowest BCUT2D eigenvalue weighted by Gasteiger charge is -2.11. The molecule has 8 nitrogen and oxygen atoms in total. The number of hydrogen-bond acceptors (Lipinski definition) is 4. The third kappa shape index (κ3) is 3.84. The molecule has 0 aliphatic carbocycles. The quantitative estimate of drug-likeness (QED) is 0.417.